The molecule has 2 amide bonds. The van der Waals surface area contributed by atoms with Crippen molar-refractivity contribution in [2.24, 2.45) is 0 Å². The summed E-state index contributed by atoms with van der Waals surface area (Å²) in [5, 5.41) is 33.1. The average molecular weight is 1850 g/mol. The third kappa shape index (κ3) is 24.7. The van der Waals surface area contributed by atoms with Crippen molar-refractivity contribution in [2.75, 3.05) is 76.1 Å². The molecular weight excluding hydrogens is 1730 g/mol. The van der Waals surface area contributed by atoms with Gasteiger partial charge in [0.15, 0.2) is 72.1 Å². The van der Waals surface area contributed by atoms with E-state index >= 15 is 0 Å². The van der Waals surface area contributed by atoms with Gasteiger partial charge in [0, 0.05) is 41.4 Å². The number of anilines is 2. The third-order valence-corrected chi connectivity index (χ3v) is 27.8. The Bertz CT molecular complexity index is 4580. The van der Waals surface area contributed by atoms with E-state index in [0.717, 1.165) is 70.1 Å². The number of fused-ring (bicyclic) bond motifs is 4. The minimum Gasteiger partial charge on any atom is -0.464 e. The molecule has 6 aromatic heterocycles. The van der Waals surface area contributed by atoms with E-state index in [1.54, 1.807) is 63.7 Å². The van der Waals surface area contributed by atoms with Crippen molar-refractivity contribution in [2.45, 2.75) is 306 Å². The molecule has 12 rings (SSSR count). The number of hydrogen-bond donors (Lipinski definition) is 0. The molecule has 0 aromatic carbocycles. The largest absolute Gasteiger partial charge is 0.464 e. The summed E-state index contributed by atoms with van der Waals surface area (Å²) in [6.07, 6.45) is 2.61. The molecule has 6 aromatic rings. The number of carbonyl (C=O) groups excluding carboxylic acids is 4. The van der Waals surface area contributed by atoms with Crippen molar-refractivity contribution in [3.05, 3.63) is 34.6 Å². The van der Waals surface area contributed by atoms with E-state index in [4.69, 9.17) is 89.5 Å². The monoisotopic (exact) mass is 1850 g/mol. The van der Waals surface area contributed by atoms with Crippen LogP contribution in [0.25, 0.3) is 22.1 Å². The molecule has 0 radical (unpaired) electrons. The maximum absolute atomic E-state index is 14.2. The first kappa shape index (κ1) is 95.5. The Labute approximate surface area is 714 Å². The first-order valence-electron chi connectivity index (χ1n) is 40.3. The number of tetrazole rings is 2. The minimum absolute atomic E-state index is 0.0116. The molecule has 2 unspecified atom stereocenters. The standard InChI is InChI=1S/C37H59ClN9O10PSi.C29H43ClN5O9P.C8H17BrN4OSi/c1-12-52-32(48)37(58(7,8)50,19-26-42-44-45(43-26)22-51-17-18-59(9,10)11)53-21-25-27-28(56-36(5,6)55-27)31(54-25)47-30-24(20-39-47)29(40-33(38)41-30)46(23-15-13-14-16-23)34(49)57-35(2,3)4;1-9-39-24(36)25(45(7,8)38)40-15-18-19-20(43-29(5,6)42-19)23(41-18)35-22-17(14-31-35)21(32-26(30)33-22)34(16-12-10-11-13-16)27(37)44-28(2,3)4;1-15(2,3)5-4-14-7-13-11-8(6-9)10-12-13/h20,23,25,27-28,31H,12-19,21-22H2,1-11H3;14,16,18-20,23,25H,9-13,15H2,1-8H3;4-7H2,1-3H3/t25-,27-,28-,31-,37?;18-,19-,20-,23-,25?;/m11./s1. The SMILES string of the molecule is CCOC(=O)C(Cc1nnn(COCC[Si](C)(C)C)n1)(OC[C@H]1O[C@@H](n2ncc3c(N(C(=O)OC(C)(C)C)C4CCCC4)nc(Cl)nc32)[C@@H]2OC(C)(C)O[C@@H]21)P(C)(C)=O.CCOC(=O)C(OC[C@H]1O[C@@H](n2ncc3c(N(C(=O)OC(C)(C)C)C4CCCC4)nc(Cl)nc32)[C@@H]2OC(C)(C)O[C@@H]21)P(C)(C)=O.C[Si](C)(C)CCOCn1nnc(CBr)n1. The Morgan fingerprint density at radius 2 is 1.03 bits per heavy atom. The van der Waals surface area contributed by atoms with E-state index in [1.165, 1.54) is 45.6 Å². The van der Waals surface area contributed by atoms with Crippen LogP contribution in [0.5, 0.6) is 0 Å². The molecule has 4 saturated heterocycles. The molecule has 2 saturated carbocycles. The molecule has 10 atom stereocenters. The molecule has 2 aliphatic carbocycles. The Morgan fingerprint density at radius 3 is 1.41 bits per heavy atom. The predicted octanol–water partition coefficient (Wildman–Crippen LogP) is 13.0. The minimum atomic E-state index is -3.51. The van der Waals surface area contributed by atoms with Gasteiger partial charge in [0.25, 0.3) is 0 Å². The van der Waals surface area contributed by atoms with Gasteiger partial charge in [-0.15, -0.1) is 30.0 Å². The van der Waals surface area contributed by atoms with Gasteiger partial charge in [0.1, 0.15) is 62.1 Å². The van der Waals surface area contributed by atoms with Crippen molar-refractivity contribution in [1.29, 1.82) is 0 Å². The van der Waals surface area contributed by atoms with E-state index < -0.39 is 138 Å². The first-order chi connectivity index (χ1) is 55.5. The van der Waals surface area contributed by atoms with Crippen molar-refractivity contribution >= 4 is 127 Å². The summed E-state index contributed by atoms with van der Waals surface area (Å²) in [6, 6.07) is 1.84. The summed E-state index contributed by atoms with van der Waals surface area (Å²) in [6.45, 7) is 42.4. The second-order valence-corrected chi connectivity index (χ2v) is 55.6. The van der Waals surface area contributed by atoms with Crippen LogP contribution < -0.4 is 9.80 Å². The zero-order chi connectivity index (χ0) is 87.3. The number of aromatic nitrogens is 16. The van der Waals surface area contributed by atoms with Gasteiger partial charge in [-0.3, -0.25) is 9.80 Å². The number of rotatable bonds is 31. The summed E-state index contributed by atoms with van der Waals surface area (Å²) in [4.78, 5) is 77.7. The lowest BCUT2D eigenvalue weighted by Gasteiger charge is -2.35. The molecule has 45 heteroatoms. The smallest absolute Gasteiger partial charge is 0.416 e. The molecule has 38 nitrogen and oxygen atoms in total. The lowest BCUT2D eigenvalue weighted by molar-refractivity contribution is -0.207. The fraction of sp³-hybridized carbons (Fsp3) is 0.784. The van der Waals surface area contributed by atoms with Gasteiger partial charge in [-0.05, 0) is 181 Å². The quantitative estimate of drug-likeness (QED) is 0.00742. The molecule has 6 aliphatic rings. The summed E-state index contributed by atoms with van der Waals surface area (Å²) >= 11 is 16.3. The maximum atomic E-state index is 14.2. The zero-order valence-electron chi connectivity index (χ0n) is 72.4. The van der Waals surface area contributed by atoms with Gasteiger partial charge in [-0.2, -0.15) is 30.1 Å². The van der Waals surface area contributed by atoms with Crippen LogP contribution in [0.3, 0.4) is 0 Å². The molecule has 0 spiro atoms. The molecule has 4 aliphatic heterocycles. The van der Waals surface area contributed by atoms with Crippen LogP contribution in [0.2, 0.25) is 61.9 Å². The average Bonchev–Trinajstić information content (AvgIpc) is 1.51. The molecule has 10 heterocycles. The maximum Gasteiger partial charge on any atom is 0.416 e. The summed E-state index contributed by atoms with van der Waals surface area (Å²) in [7, 11) is -8.85. The van der Waals surface area contributed by atoms with Crippen molar-refractivity contribution < 1.29 is 94.6 Å². The second-order valence-electron chi connectivity index (χ2n) is 36.3. The van der Waals surface area contributed by atoms with Crippen LogP contribution in [0, 0.1) is 0 Å². The highest BCUT2D eigenvalue weighted by molar-refractivity contribution is 9.08. The number of ether oxygens (including phenoxy) is 14. The van der Waals surface area contributed by atoms with Crippen LogP contribution in [0.15, 0.2) is 12.4 Å². The first-order valence-corrected chi connectivity index (χ1v) is 54.9. The highest BCUT2D eigenvalue weighted by Crippen LogP contribution is 2.56. The highest BCUT2D eigenvalue weighted by Gasteiger charge is 2.61. The second kappa shape index (κ2) is 38.8. The Morgan fingerprint density at radius 1 is 0.613 bits per heavy atom. The van der Waals surface area contributed by atoms with Gasteiger partial charge in [0.2, 0.25) is 21.8 Å². The van der Waals surface area contributed by atoms with Gasteiger partial charge < -0.3 is 75.4 Å². The van der Waals surface area contributed by atoms with Crippen LogP contribution >= 0.6 is 53.4 Å². The Hall–Kier alpha value is -5.73. The van der Waals surface area contributed by atoms with Crippen LogP contribution in [0.4, 0.5) is 21.2 Å². The van der Waals surface area contributed by atoms with E-state index in [2.05, 4.69) is 116 Å². The number of esters is 2. The van der Waals surface area contributed by atoms with Gasteiger partial charge >= 0.3 is 24.1 Å². The number of amides is 2. The molecule has 0 N–H and O–H groups in total. The molecular formula is C74H119BrCl2N18O20P2Si2. The molecule has 6 fully saturated rings. The van der Waals surface area contributed by atoms with Gasteiger partial charge in [0.05, 0.1) is 61.3 Å². The van der Waals surface area contributed by atoms with Crippen molar-refractivity contribution in [3.63, 3.8) is 0 Å². The number of alkyl halides is 1. The van der Waals surface area contributed by atoms with Gasteiger partial charge in [-0.1, -0.05) is 80.9 Å². The fourth-order valence-electron chi connectivity index (χ4n) is 14.4. The topological polar surface area (TPSA) is 413 Å². The third-order valence-electron chi connectivity index (χ3n) is 19.9. The Balaban J connectivity index is 0.000000218. The molecule has 119 heavy (non-hydrogen) atoms. The normalized spacial score (nSPS) is 22.9. The van der Waals surface area contributed by atoms with Crippen LogP contribution in [0.1, 0.15) is 159 Å². The van der Waals surface area contributed by atoms with E-state index in [1.807, 2.05) is 41.5 Å². The highest BCUT2D eigenvalue weighted by atomic mass is 79.9. The predicted molar refractivity (Wildman–Crippen MR) is 449 cm³/mol. The van der Waals surface area contributed by atoms with E-state index in [0.29, 0.717) is 46.7 Å². The summed E-state index contributed by atoms with van der Waals surface area (Å²) in [5.74, 6) is -3.42. The molecule has 664 valence electrons. The number of nitrogens with zero attached hydrogens (tertiary/aromatic N) is 18. The lowest BCUT2D eigenvalue weighted by Crippen LogP contribution is -2.47. The number of hydrogen-bond acceptors (Lipinski definition) is 32. The fourth-order valence-corrected chi connectivity index (χ4v) is 18.9. The summed E-state index contributed by atoms with van der Waals surface area (Å²) in [5.41, 5.74) is -0.863. The van der Waals surface area contributed by atoms with E-state index in [9.17, 15) is 28.3 Å². The van der Waals surface area contributed by atoms with Crippen molar-refractivity contribution in [3.8, 4) is 0 Å². The number of carbonyl (C=O) groups is 4. The van der Waals surface area contributed by atoms with Crippen LogP contribution in [-0.4, -0.2) is 269 Å². The zero-order valence-corrected chi connectivity index (χ0v) is 79.3. The van der Waals surface area contributed by atoms with Crippen LogP contribution in [-0.2, 0) is 110 Å². The van der Waals surface area contributed by atoms with Gasteiger partial charge in [-0.25, -0.2) is 28.5 Å². The Kier molecular flexibility index (Phi) is 31.1. The van der Waals surface area contributed by atoms with Crippen molar-refractivity contribution in [1.82, 2.24) is 79.9 Å². The van der Waals surface area contributed by atoms with E-state index in [-0.39, 0.29) is 79.5 Å². The molecule has 0 bridgehead atoms. The lowest BCUT2D eigenvalue weighted by atomic mass is 10.1. The summed E-state index contributed by atoms with van der Waals surface area (Å²) < 4.78 is 114. The number of halogens is 3.